The van der Waals surface area contributed by atoms with E-state index in [-0.39, 0.29) is 10.9 Å². The number of carbonyl (C=O) groups excluding carboxylic acids is 1. The molecule has 0 bridgehead atoms. The molecule has 1 atom stereocenters. The minimum Gasteiger partial charge on any atom is -0.324 e. The molecule has 0 radical (unpaired) electrons. The largest absolute Gasteiger partial charge is 0.324 e. The Balaban J connectivity index is 2.09. The molecule has 94 valence electrons. The Labute approximate surface area is 108 Å². The van der Waals surface area contributed by atoms with Gasteiger partial charge in [0.1, 0.15) is 24.5 Å². The number of rotatable bonds is 3. The van der Waals surface area contributed by atoms with E-state index in [0.29, 0.717) is 5.69 Å². The molecule has 0 aliphatic carbocycles. The minimum absolute atomic E-state index is 0.0114. The second-order valence-corrected chi connectivity index (χ2v) is 4.08. The van der Waals surface area contributed by atoms with Crippen LogP contribution in [-0.4, -0.2) is 20.7 Å². The van der Waals surface area contributed by atoms with Crippen molar-refractivity contribution in [3.8, 4) is 0 Å². The summed E-state index contributed by atoms with van der Waals surface area (Å²) in [6, 6.07) is 3.53. The summed E-state index contributed by atoms with van der Waals surface area (Å²) in [5.41, 5.74) is 0.342. The van der Waals surface area contributed by atoms with E-state index in [4.69, 9.17) is 11.6 Å². The lowest BCUT2D eigenvalue weighted by Crippen LogP contribution is -2.24. The number of hydrogen-bond acceptors (Lipinski definition) is 3. The molecule has 0 saturated carbocycles. The van der Waals surface area contributed by atoms with Crippen molar-refractivity contribution < 1.29 is 9.18 Å². The van der Waals surface area contributed by atoms with Crippen molar-refractivity contribution in [1.82, 2.24) is 14.8 Å². The zero-order chi connectivity index (χ0) is 13.1. The molecule has 0 spiro atoms. The summed E-state index contributed by atoms with van der Waals surface area (Å²) >= 11 is 5.55. The van der Waals surface area contributed by atoms with Crippen LogP contribution in [0.25, 0.3) is 0 Å². The number of nitrogens with zero attached hydrogens (tertiary/aromatic N) is 3. The number of anilines is 1. The molecule has 1 heterocycles. The number of halogens is 2. The summed E-state index contributed by atoms with van der Waals surface area (Å²) in [4.78, 5) is 15.6. The summed E-state index contributed by atoms with van der Waals surface area (Å²) in [5.74, 6) is -0.898. The second kappa shape index (κ2) is 5.14. The summed E-state index contributed by atoms with van der Waals surface area (Å²) < 4.78 is 14.6. The normalized spacial score (nSPS) is 12.2. The molecule has 1 amide bonds. The molecule has 7 heteroatoms. The van der Waals surface area contributed by atoms with E-state index in [1.165, 1.54) is 29.5 Å². The van der Waals surface area contributed by atoms with Crippen LogP contribution in [0.15, 0.2) is 30.9 Å². The Bertz CT molecular complexity index is 558. The Morgan fingerprint density at radius 3 is 2.94 bits per heavy atom. The molecule has 0 unspecified atom stereocenters. The van der Waals surface area contributed by atoms with Crippen molar-refractivity contribution >= 4 is 23.2 Å². The summed E-state index contributed by atoms with van der Waals surface area (Å²) in [5, 5.41) is 6.44. The van der Waals surface area contributed by atoms with E-state index in [1.54, 1.807) is 6.92 Å². The number of aromatic nitrogens is 3. The first kappa shape index (κ1) is 12.5. The van der Waals surface area contributed by atoms with Crippen LogP contribution in [0.5, 0.6) is 0 Å². The van der Waals surface area contributed by atoms with Crippen LogP contribution >= 0.6 is 11.6 Å². The fourth-order valence-corrected chi connectivity index (χ4v) is 1.48. The molecule has 0 fully saturated rings. The van der Waals surface area contributed by atoms with Gasteiger partial charge in [-0.15, -0.1) is 0 Å². The Morgan fingerprint density at radius 1 is 1.56 bits per heavy atom. The molecule has 1 aromatic carbocycles. The van der Waals surface area contributed by atoms with E-state index in [0.717, 1.165) is 6.07 Å². The van der Waals surface area contributed by atoms with E-state index in [2.05, 4.69) is 15.4 Å². The summed E-state index contributed by atoms with van der Waals surface area (Å²) in [6.07, 6.45) is 2.78. The monoisotopic (exact) mass is 268 g/mol. The first-order chi connectivity index (χ1) is 8.58. The third kappa shape index (κ3) is 2.65. The fraction of sp³-hybridized carbons (Fsp3) is 0.182. The molecule has 2 rings (SSSR count). The average Bonchev–Trinajstić information content (AvgIpc) is 2.86. The molecule has 0 saturated heterocycles. The van der Waals surface area contributed by atoms with Crippen molar-refractivity contribution in [2.24, 2.45) is 0 Å². The van der Waals surface area contributed by atoms with Gasteiger partial charge in [-0.3, -0.25) is 4.79 Å². The topological polar surface area (TPSA) is 59.8 Å². The van der Waals surface area contributed by atoms with Gasteiger partial charge in [-0.05, 0) is 25.1 Å². The van der Waals surface area contributed by atoms with E-state index in [9.17, 15) is 9.18 Å². The van der Waals surface area contributed by atoms with Crippen LogP contribution in [0.3, 0.4) is 0 Å². The molecule has 1 N–H and O–H groups in total. The third-order valence-corrected chi connectivity index (χ3v) is 2.71. The number of hydrogen-bond donors (Lipinski definition) is 1. The van der Waals surface area contributed by atoms with Crippen molar-refractivity contribution in [3.05, 3.63) is 41.7 Å². The summed E-state index contributed by atoms with van der Waals surface area (Å²) in [7, 11) is 0. The first-order valence-electron chi connectivity index (χ1n) is 5.18. The maximum atomic E-state index is 13.2. The lowest BCUT2D eigenvalue weighted by Gasteiger charge is -2.12. The highest BCUT2D eigenvalue weighted by Crippen LogP contribution is 2.19. The number of carbonyl (C=O) groups is 1. The van der Waals surface area contributed by atoms with Gasteiger partial charge >= 0.3 is 0 Å². The van der Waals surface area contributed by atoms with Crippen LogP contribution in [-0.2, 0) is 4.79 Å². The zero-order valence-electron chi connectivity index (χ0n) is 9.47. The average molecular weight is 269 g/mol. The lowest BCUT2D eigenvalue weighted by molar-refractivity contribution is -0.119. The maximum absolute atomic E-state index is 13.2. The molecular formula is C11H10ClFN4O. The molecule has 18 heavy (non-hydrogen) atoms. The van der Waals surface area contributed by atoms with E-state index < -0.39 is 11.9 Å². The first-order valence-corrected chi connectivity index (χ1v) is 5.56. The molecule has 5 nitrogen and oxygen atoms in total. The van der Waals surface area contributed by atoms with Crippen molar-refractivity contribution in [2.45, 2.75) is 13.0 Å². The van der Waals surface area contributed by atoms with Gasteiger partial charge in [0.15, 0.2) is 0 Å². The summed E-state index contributed by atoms with van der Waals surface area (Å²) in [6.45, 7) is 1.66. The van der Waals surface area contributed by atoms with Gasteiger partial charge in [0.2, 0.25) is 5.91 Å². The van der Waals surface area contributed by atoms with Gasteiger partial charge < -0.3 is 5.32 Å². The smallest absolute Gasteiger partial charge is 0.249 e. The second-order valence-electron chi connectivity index (χ2n) is 3.67. The van der Waals surface area contributed by atoms with Gasteiger partial charge in [0.05, 0.1) is 5.02 Å². The predicted molar refractivity (Wildman–Crippen MR) is 64.8 cm³/mol. The van der Waals surface area contributed by atoms with Gasteiger partial charge in [0, 0.05) is 5.69 Å². The predicted octanol–water partition coefficient (Wildman–Crippen LogP) is 2.27. The Kier molecular flexibility index (Phi) is 3.57. The molecule has 1 aromatic heterocycles. The highest BCUT2D eigenvalue weighted by atomic mass is 35.5. The molecular weight excluding hydrogens is 259 g/mol. The van der Waals surface area contributed by atoms with Crippen molar-refractivity contribution in [3.63, 3.8) is 0 Å². The third-order valence-electron chi connectivity index (χ3n) is 2.40. The Hall–Kier alpha value is -1.95. The number of amides is 1. The van der Waals surface area contributed by atoms with Crippen LogP contribution < -0.4 is 5.32 Å². The fourth-order valence-electron chi connectivity index (χ4n) is 1.36. The van der Waals surface area contributed by atoms with Crippen LogP contribution in [0, 0.1) is 5.82 Å². The highest BCUT2D eigenvalue weighted by molar-refractivity contribution is 6.30. The number of nitrogens with one attached hydrogen (secondary N) is 1. The molecule has 2 aromatic rings. The highest BCUT2D eigenvalue weighted by Gasteiger charge is 2.15. The van der Waals surface area contributed by atoms with Crippen LogP contribution in [0.4, 0.5) is 10.1 Å². The SMILES string of the molecule is C[C@@H](C(=O)Nc1ccc(Cl)c(F)c1)n1cncn1. The van der Waals surface area contributed by atoms with Crippen LogP contribution in [0.1, 0.15) is 13.0 Å². The van der Waals surface area contributed by atoms with Crippen molar-refractivity contribution in [2.75, 3.05) is 5.32 Å². The van der Waals surface area contributed by atoms with Gasteiger partial charge in [-0.2, -0.15) is 5.10 Å². The van der Waals surface area contributed by atoms with Crippen LogP contribution in [0.2, 0.25) is 5.02 Å². The van der Waals surface area contributed by atoms with E-state index >= 15 is 0 Å². The van der Waals surface area contributed by atoms with E-state index in [1.807, 2.05) is 0 Å². The van der Waals surface area contributed by atoms with Gasteiger partial charge in [-0.25, -0.2) is 14.1 Å². The minimum atomic E-state index is -0.581. The van der Waals surface area contributed by atoms with Crippen molar-refractivity contribution in [1.29, 1.82) is 0 Å². The molecule has 0 aliphatic rings. The number of benzene rings is 1. The standard InChI is InChI=1S/C11H10ClFN4O/c1-7(17-6-14-5-15-17)11(18)16-8-2-3-9(12)10(13)4-8/h2-7H,1H3,(H,16,18)/t7-/m0/s1. The Morgan fingerprint density at radius 2 is 2.33 bits per heavy atom. The van der Waals surface area contributed by atoms with Gasteiger partial charge in [0.25, 0.3) is 0 Å². The quantitative estimate of drug-likeness (QED) is 0.929. The molecule has 0 aliphatic heterocycles. The zero-order valence-corrected chi connectivity index (χ0v) is 10.2. The van der Waals surface area contributed by atoms with Gasteiger partial charge in [-0.1, -0.05) is 11.6 Å². The maximum Gasteiger partial charge on any atom is 0.249 e. The lowest BCUT2D eigenvalue weighted by atomic mass is 10.2.